The van der Waals surface area contributed by atoms with Gasteiger partial charge in [-0.1, -0.05) is 36.4 Å². The Morgan fingerprint density at radius 2 is 1.52 bits per heavy atom. The lowest BCUT2D eigenvalue weighted by Crippen LogP contribution is -2.54. The first-order chi connectivity index (χ1) is 12.0. The maximum absolute atomic E-state index is 11.8. The summed E-state index contributed by atoms with van der Waals surface area (Å²) in [6, 6.07) is 14.0. The molecule has 0 aliphatic heterocycles. The number of rotatable bonds is 7. The van der Waals surface area contributed by atoms with Crippen LogP contribution >= 0.6 is 0 Å². The number of carbonyl (C=O) groups excluding carboxylic acids is 3. The molecule has 2 rings (SSSR count). The second kappa shape index (κ2) is 8.34. The molecule has 0 bridgehead atoms. The number of ether oxygens (including phenoxy) is 1. The van der Waals surface area contributed by atoms with Crippen LogP contribution in [0.5, 0.6) is 11.5 Å². The third kappa shape index (κ3) is 5.24. The average Bonchev–Trinajstić information content (AvgIpc) is 2.59. The average molecular weight is 342 g/mol. The molecule has 2 aromatic carbocycles. The minimum Gasteiger partial charge on any atom is -0.457 e. The number of urea groups is 1. The van der Waals surface area contributed by atoms with Crippen molar-refractivity contribution < 1.29 is 19.1 Å². The zero-order chi connectivity index (χ0) is 18.2. The highest BCUT2D eigenvalue weighted by Crippen LogP contribution is 2.24. The standard InChI is InChI=1S/C17H18N4O4/c18-15(22)14(16(19)23)21-17(24)20-10-11-6-4-5-9-13(11)25-12-7-2-1-3-8-12/h1-9,14H,10H2,(H2,18,22)(H2,19,23)(H2,20,21,24). The van der Waals surface area contributed by atoms with E-state index in [1.165, 1.54) is 0 Å². The number of amides is 4. The summed E-state index contributed by atoms with van der Waals surface area (Å²) in [5.74, 6) is -0.844. The summed E-state index contributed by atoms with van der Waals surface area (Å²) in [4.78, 5) is 34.0. The Hall–Kier alpha value is -3.55. The Morgan fingerprint density at radius 3 is 2.16 bits per heavy atom. The second-order valence-corrected chi connectivity index (χ2v) is 5.09. The van der Waals surface area contributed by atoms with Gasteiger partial charge in [0.15, 0.2) is 6.04 Å². The van der Waals surface area contributed by atoms with Crippen LogP contribution in [0.3, 0.4) is 0 Å². The smallest absolute Gasteiger partial charge is 0.316 e. The molecule has 0 fully saturated rings. The van der Waals surface area contributed by atoms with Crippen molar-refractivity contribution in [2.45, 2.75) is 12.6 Å². The molecular formula is C17H18N4O4. The van der Waals surface area contributed by atoms with E-state index in [0.717, 1.165) is 0 Å². The fraction of sp³-hybridized carbons (Fsp3) is 0.118. The van der Waals surface area contributed by atoms with E-state index in [1.54, 1.807) is 36.4 Å². The van der Waals surface area contributed by atoms with Gasteiger partial charge >= 0.3 is 6.03 Å². The first-order valence-electron chi connectivity index (χ1n) is 7.41. The summed E-state index contributed by atoms with van der Waals surface area (Å²) < 4.78 is 5.78. The molecule has 6 N–H and O–H groups in total. The molecule has 0 aliphatic rings. The minimum absolute atomic E-state index is 0.110. The van der Waals surface area contributed by atoms with E-state index in [-0.39, 0.29) is 6.54 Å². The van der Waals surface area contributed by atoms with Crippen LogP contribution in [0.1, 0.15) is 5.56 Å². The predicted molar refractivity (Wildman–Crippen MR) is 90.5 cm³/mol. The van der Waals surface area contributed by atoms with E-state index >= 15 is 0 Å². The lowest BCUT2D eigenvalue weighted by atomic mass is 10.2. The van der Waals surface area contributed by atoms with Gasteiger partial charge in [0.25, 0.3) is 0 Å². The molecule has 8 heteroatoms. The predicted octanol–water partition coefficient (Wildman–Crippen LogP) is 0.617. The monoisotopic (exact) mass is 342 g/mol. The van der Waals surface area contributed by atoms with Crippen LogP contribution in [0, 0.1) is 0 Å². The van der Waals surface area contributed by atoms with Gasteiger partial charge in [-0.3, -0.25) is 9.59 Å². The van der Waals surface area contributed by atoms with Crippen molar-refractivity contribution in [1.82, 2.24) is 10.6 Å². The minimum atomic E-state index is -1.57. The third-order valence-electron chi connectivity index (χ3n) is 3.23. The van der Waals surface area contributed by atoms with Crippen molar-refractivity contribution in [3.8, 4) is 11.5 Å². The maximum atomic E-state index is 11.8. The van der Waals surface area contributed by atoms with E-state index in [0.29, 0.717) is 17.1 Å². The van der Waals surface area contributed by atoms with E-state index in [4.69, 9.17) is 16.2 Å². The SMILES string of the molecule is NC(=O)C(NC(=O)NCc1ccccc1Oc1ccccc1)C(N)=O. The van der Waals surface area contributed by atoms with Crippen molar-refractivity contribution in [2.24, 2.45) is 11.5 Å². The van der Waals surface area contributed by atoms with Gasteiger partial charge in [-0.25, -0.2) is 4.79 Å². The van der Waals surface area contributed by atoms with Crippen LogP contribution in [-0.2, 0) is 16.1 Å². The van der Waals surface area contributed by atoms with Crippen molar-refractivity contribution in [3.63, 3.8) is 0 Å². The Morgan fingerprint density at radius 1 is 0.920 bits per heavy atom. The lowest BCUT2D eigenvalue weighted by Gasteiger charge is -2.14. The molecule has 130 valence electrons. The molecule has 0 atom stereocenters. The largest absolute Gasteiger partial charge is 0.457 e. The zero-order valence-corrected chi connectivity index (χ0v) is 13.3. The molecular weight excluding hydrogens is 324 g/mol. The summed E-state index contributed by atoms with van der Waals surface area (Å²) in [7, 11) is 0. The molecule has 4 amide bonds. The van der Waals surface area contributed by atoms with Gasteiger partial charge in [-0.15, -0.1) is 0 Å². The van der Waals surface area contributed by atoms with Crippen LogP contribution in [-0.4, -0.2) is 23.9 Å². The van der Waals surface area contributed by atoms with E-state index in [2.05, 4.69) is 10.6 Å². The molecule has 2 aromatic rings. The van der Waals surface area contributed by atoms with Gasteiger partial charge in [-0.2, -0.15) is 0 Å². The molecule has 0 aromatic heterocycles. The van der Waals surface area contributed by atoms with Crippen molar-refractivity contribution in [3.05, 3.63) is 60.2 Å². The quantitative estimate of drug-likeness (QED) is 0.548. The number of hydrogen-bond donors (Lipinski definition) is 4. The number of nitrogens with one attached hydrogen (secondary N) is 2. The summed E-state index contributed by atoms with van der Waals surface area (Å²) in [5.41, 5.74) is 10.7. The fourth-order valence-electron chi connectivity index (χ4n) is 2.01. The van der Waals surface area contributed by atoms with E-state index < -0.39 is 23.9 Å². The fourth-order valence-corrected chi connectivity index (χ4v) is 2.01. The normalized spacial score (nSPS) is 10.1. The zero-order valence-electron chi connectivity index (χ0n) is 13.3. The molecule has 0 saturated carbocycles. The van der Waals surface area contributed by atoms with Gasteiger partial charge in [0.2, 0.25) is 11.8 Å². The van der Waals surface area contributed by atoms with Crippen molar-refractivity contribution in [2.75, 3.05) is 0 Å². The van der Waals surface area contributed by atoms with Crippen LogP contribution in [0.4, 0.5) is 4.79 Å². The molecule has 0 aliphatic carbocycles. The first kappa shape index (κ1) is 17.8. The van der Waals surface area contributed by atoms with Crippen LogP contribution in [0.25, 0.3) is 0 Å². The molecule has 25 heavy (non-hydrogen) atoms. The number of primary amides is 2. The van der Waals surface area contributed by atoms with Gasteiger partial charge < -0.3 is 26.8 Å². The van der Waals surface area contributed by atoms with E-state index in [9.17, 15) is 14.4 Å². The van der Waals surface area contributed by atoms with Crippen molar-refractivity contribution in [1.29, 1.82) is 0 Å². The number of hydrogen-bond acceptors (Lipinski definition) is 4. The summed E-state index contributed by atoms with van der Waals surface area (Å²) in [6.07, 6.45) is 0. The van der Waals surface area contributed by atoms with Crippen LogP contribution < -0.4 is 26.8 Å². The molecule has 0 unspecified atom stereocenters. The Kier molecular flexibility index (Phi) is 5.94. The third-order valence-corrected chi connectivity index (χ3v) is 3.23. The van der Waals surface area contributed by atoms with Crippen molar-refractivity contribution >= 4 is 17.8 Å². The first-order valence-corrected chi connectivity index (χ1v) is 7.41. The molecule has 0 radical (unpaired) electrons. The molecule has 0 saturated heterocycles. The number of benzene rings is 2. The second-order valence-electron chi connectivity index (χ2n) is 5.09. The Labute approximate surface area is 144 Å². The number of carbonyl (C=O) groups is 3. The maximum Gasteiger partial charge on any atom is 0.316 e. The van der Waals surface area contributed by atoms with Gasteiger partial charge in [0.1, 0.15) is 11.5 Å². The Bertz CT molecular complexity index is 750. The Balaban J connectivity index is 2.00. The van der Waals surface area contributed by atoms with E-state index in [1.807, 2.05) is 18.2 Å². The molecule has 0 spiro atoms. The lowest BCUT2D eigenvalue weighted by molar-refractivity contribution is -0.128. The van der Waals surface area contributed by atoms with Crippen LogP contribution in [0.2, 0.25) is 0 Å². The van der Waals surface area contributed by atoms with Gasteiger partial charge in [0.05, 0.1) is 0 Å². The summed E-state index contributed by atoms with van der Waals surface area (Å²) in [5, 5.41) is 4.64. The van der Waals surface area contributed by atoms with Gasteiger partial charge in [0, 0.05) is 12.1 Å². The summed E-state index contributed by atoms with van der Waals surface area (Å²) >= 11 is 0. The molecule has 0 heterocycles. The van der Waals surface area contributed by atoms with Crippen LogP contribution in [0.15, 0.2) is 54.6 Å². The molecule has 8 nitrogen and oxygen atoms in total. The number of para-hydroxylation sites is 2. The summed E-state index contributed by atoms with van der Waals surface area (Å²) in [6.45, 7) is 0.110. The topological polar surface area (TPSA) is 137 Å². The van der Waals surface area contributed by atoms with Gasteiger partial charge in [-0.05, 0) is 18.2 Å². The highest BCUT2D eigenvalue weighted by Gasteiger charge is 2.23. The highest BCUT2D eigenvalue weighted by atomic mass is 16.5. The number of nitrogens with two attached hydrogens (primary N) is 2. The highest BCUT2D eigenvalue weighted by molar-refractivity contribution is 6.05.